The van der Waals surface area contributed by atoms with Gasteiger partial charge in [0.15, 0.2) is 11.6 Å². The second kappa shape index (κ2) is 20.3. The predicted molar refractivity (Wildman–Crippen MR) is 227 cm³/mol. The van der Waals surface area contributed by atoms with E-state index in [-0.39, 0.29) is 34.6 Å². The van der Waals surface area contributed by atoms with Gasteiger partial charge >= 0.3 is 11.4 Å². The van der Waals surface area contributed by atoms with Crippen molar-refractivity contribution in [1.82, 2.24) is 28.9 Å². The highest BCUT2D eigenvalue weighted by Crippen LogP contribution is 2.22. The van der Waals surface area contributed by atoms with Gasteiger partial charge in [0, 0.05) is 81.3 Å². The molecule has 4 aromatic carbocycles. The Morgan fingerprint density at radius 1 is 0.627 bits per heavy atom. The number of fused-ring (bicyclic) bond motifs is 2. The predicted octanol–water partition coefficient (Wildman–Crippen LogP) is 7.89. The van der Waals surface area contributed by atoms with Crippen LogP contribution in [0.5, 0.6) is 0 Å². The van der Waals surface area contributed by atoms with Gasteiger partial charge in [0.2, 0.25) is 0 Å². The minimum atomic E-state index is -0.332. The van der Waals surface area contributed by atoms with E-state index in [1.807, 2.05) is 48.5 Å². The first-order chi connectivity index (χ1) is 28.6. The number of benzene rings is 4. The minimum Gasteiger partial charge on any atom is -0.305 e. The Hall–Kier alpha value is -6.49. The van der Waals surface area contributed by atoms with Crippen LogP contribution in [0.3, 0.4) is 0 Å². The van der Waals surface area contributed by atoms with Crippen molar-refractivity contribution in [2.75, 3.05) is 39.3 Å². The molecule has 6 aromatic rings. The van der Waals surface area contributed by atoms with Crippen LogP contribution in [-0.4, -0.2) is 79.7 Å². The van der Waals surface area contributed by atoms with Crippen LogP contribution in [0, 0.1) is 23.0 Å². The maximum Gasteiger partial charge on any atom is 0.330 e. The molecular weight excluding hydrogens is 753 g/mol. The number of carbonyl (C=O) groups excluding carboxylic acids is 2. The summed E-state index contributed by atoms with van der Waals surface area (Å²) in [6, 6.07) is 28.5. The number of nitrogens with one attached hydrogen (secondary N) is 2. The van der Waals surface area contributed by atoms with Crippen molar-refractivity contribution in [3.63, 3.8) is 0 Å². The van der Waals surface area contributed by atoms with Gasteiger partial charge in [0.25, 0.3) is 0 Å². The fraction of sp³-hybridized carbons (Fsp3) is 0.283. The standard InChI is InChI=1S/2C22H22FN3O2.C2H3N/c2*23-17-9-7-16(8-10-17)21(27)6-3-13-25-14-11-18(12-15-25)26-20-5-2-1-4-19(20)24-22(26)28;1-2-3/h2*1-2,4-5,7-11H,3,6,12-15H2,(H,24,28);1H3. The maximum absolute atomic E-state index is 12.9. The van der Waals surface area contributed by atoms with Crippen molar-refractivity contribution in [1.29, 1.82) is 5.26 Å². The van der Waals surface area contributed by atoms with E-state index in [4.69, 9.17) is 5.26 Å². The fourth-order valence-electron chi connectivity index (χ4n) is 7.38. The number of hydrogen-bond donors (Lipinski definition) is 2. The molecule has 2 N–H and O–H groups in total. The summed E-state index contributed by atoms with van der Waals surface area (Å²) in [6.07, 6.45) is 8.15. The molecular formula is C46H47F2N7O4. The van der Waals surface area contributed by atoms with Crippen LogP contribution in [0.2, 0.25) is 0 Å². The third kappa shape index (κ3) is 10.9. The average Bonchev–Trinajstić information content (AvgIpc) is 3.77. The zero-order valence-corrected chi connectivity index (χ0v) is 33.0. The Balaban J connectivity index is 0.000000186. The van der Waals surface area contributed by atoms with E-state index in [0.29, 0.717) is 24.0 Å². The van der Waals surface area contributed by atoms with E-state index in [2.05, 4.69) is 31.9 Å². The van der Waals surface area contributed by atoms with Crippen molar-refractivity contribution in [3.8, 4) is 6.07 Å². The first kappa shape index (κ1) is 42.1. The number of nitriles is 1. The third-order valence-corrected chi connectivity index (χ3v) is 10.4. The molecule has 0 amide bonds. The average molecular weight is 800 g/mol. The van der Waals surface area contributed by atoms with E-state index < -0.39 is 0 Å². The molecule has 59 heavy (non-hydrogen) atoms. The molecule has 0 saturated heterocycles. The van der Waals surface area contributed by atoms with Gasteiger partial charge in [-0.25, -0.2) is 18.4 Å². The summed E-state index contributed by atoms with van der Waals surface area (Å²) in [6.45, 7) is 6.28. The van der Waals surface area contributed by atoms with Gasteiger partial charge in [-0.1, -0.05) is 36.4 Å². The Labute approximate surface area is 340 Å². The molecule has 0 bridgehead atoms. The third-order valence-electron chi connectivity index (χ3n) is 10.4. The van der Waals surface area contributed by atoms with Crippen molar-refractivity contribution in [2.45, 2.75) is 45.4 Å². The molecule has 2 aromatic heterocycles. The van der Waals surface area contributed by atoms with Crippen LogP contribution in [-0.2, 0) is 0 Å². The molecule has 4 heterocycles. The highest BCUT2D eigenvalue weighted by molar-refractivity contribution is 5.96. The summed E-state index contributed by atoms with van der Waals surface area (Å²) < 4.78 is 29.4. The summed E-state index contributed by atoms with van der Waals surface area (Å²) >= 11 is 0. The number of nitrogens with zero attached hydrogens (tertiary/aromatic N) is 5. The summed E-state index contributed by atoms with van der Waals surface area (Å²) in [5.41, 5.74) is 6.42. The smallest absolute Gasteiger partial charge is 0.305 e. The lowest BCUT2D eigenvalue weighted by Gasteiger charge is -2.26. The van der Waals surface area contributed by atoms with Gasteiger partial charge in [-0.2, -0.15) is 5.26 Å². The zero-order chi connectivity index (χ0) is 41.7. The number of ketones is 2. The first-order valence-electron chi connectivity index (χ1n) is 19.8. The van der Waals surface area contributed by atoms with Crippen LogP contribution in [0.15, 0.2) is 119 Å². The number of Topliss-reactive ketones (excluding diaryl/α,β-unsaturated/α-hetero) is 2. The second-order valence-corrected chi connectivity index (χ2v) is 14.3. The van der Waals surface area contributed by atoms with Gasteiger partial charge < -0.3 is 9.97 Å². The number of hydrogen-bond acceptors (Lipinski definition) is 7. The number of aromatic amines is 2. The summed E-state index contributed by atoms with van der Waals surface area (Å²) in [7, 11) is 0. The summed E-state index contributed by atoms with van der Waals surface area (Å²) in [5, 5.41) is 7.32. The highest BCUT2D eigenvalue weighted by Gasteiger charge is 2.19. The monoisotopic (exact) mass is 799 g/mol. The Kier molecular flexibility index (Phi) is 14.5. The lowest BCUT2D eigenvalue weighted by molar-refractivity contribution is 0.0967. The molecule has 8 rings (SSSR count). The van der Waals surface area contributed by atoms with E-state index in [1.54, 1.807) is 15.2 Å². The van der Waals surface area contributed by atoms with Crippen molar-refractivity contribution >= 4 is 45.0 Å². The van der Waals surface area contributed by atoms with Crippen LogP contribution < -0.4 is 11.4 Å². The summed E-state index contributed by atoms with van der Waals surface area (Å²) in [5.74, 6) is -0.583. The van der Waals surface area contributed by atoms with Crippen LogP contribution in [0.4, 0.5) is 8.78 Å². The van der Waals surface area contributed by atoms with Gasteiger partial charge in [0.05, 0.1) is 28.1 Å². The zero-order valence-electron chi connectivity index (χ0n) is 33.0. The molecule has 2 aliphatic heterocycles. The van der Waals surface area contributed by atoms with Crippen LogP contribution >= 0.6 is 0 Å². The number of para-hydroxylation sites is 4. The van der Waals surface area contributed by atoms with Gasteiger partial charge in [-0.3, -0.25) is 28.5 Å². The maximum atomic E-state index is 12.9. The van der Waals surface area contributed by atoms with Gasteiger partial charge in [-0.15, -0.1) is 0 Å². The van der Waals surface area contributed by atoms with Crippen molar-refractivity contribution in [3.05, 3.63) is 153 Å². The van der Waals surface area contributed by atoms with E-state index in [9.17, 15) is 28.0 Å². The quantitative estimate of drug-likeness (QED) is 0.120. The molecule has 11 nitrogen and oxygen atoms in total. The Morgan fingerprint density at radius 2 is 1.00 bits per heavy atom. The highest BCUT2D eigenvalue weighted by atomic mass is 19.1. The molecule has 0 saturated carbocycles. The van der Waals surface area contributed by atoms with E-state index in [0.717, 1.165) is 98.4 Å². The van der Waals surface area contributed by atoms with Crippen LogP contribution in [0.25, 0.3) is 33.5 Å². The largest absolute Gasteiger partial charge is 0.330 e. The first-order valence-corrected chi connectivity index (χ1v) is 19.8. The molecule has 13 heteroatoms. The number of carbonyl (C=O) groups is 2. The minimum absolute atomic E-state index is 0.0404. The van der Waals surface area contributed by atoms with E-state index in [1.165, 1.54) is 55.5 Å². The Bertz CT molecular complexity index is 2440. The van der Waals surface area contributed by atoms with Crippen molar-refractivity contribution in [2.24, 2.45) is 0 Å². The second-order valence-electron chi connectivity index (χ2n) is 14.3. The van der Waals surface area contributed by atoms with E-state index >= 15 is 0 Å². The van der Waals surface area contributed by atoms with Gasteiger partial charge in [-0.05, 0) is 98.7 Å². The molecule has 0 unspecified atom stereocenters. The molecule has 0 aliphatic carbocycles. The number of imidazole rings is 2. The normalized spacial score (nSPS) is 14.3. The van der Waals surface area contributed by atoms with Crippen molar-refractivity contribution < 1.29 is 18.4 Å². The molecule has 0 fully saturated rings. The molecule has 0 spiro atoms. The Morgan fingerprint density at radius 3 is 1.36 bits per heavy atom. The SMILES string of the molecule is CC#N.O=C(CCCN1CC=C(n2c(=O)[nH]c3ccccc32)CC1)c1ccc(F)cc1.O=C(CCCN1CC=C(n2c(=O)[nH]c3ccccc32)CC1)c1ccc(F)cc1. The summed E-state index contributed by atoms with van der Waals surface area (Å²) in [4.78, 5) is 59.3. The van der Waals surface area contributed by atoms with Gasteiger partial charge in [0.1, 0.15) is 11.6 Å². The lowest BCUT2D eigenvalue weighted by atomic mass is 10.1. The molecule has 304 valence electrons. The van der Waals surface area contributed by atoms with Crippen LogP contribution in [0.1, 0.15) is 66.2 Å². The fourth-order valence-corrected chi connectivity index (χ4v) is 7.38. The number of aromatic nitrogens is 4. The number of H-pyrrole nitrogens is 2. The number of halogens is 2. The molecule has 2 aliphatic rings. The molecule has 0 atom stereocenters. The topological polar surface area (TPSA) is 140 Å². The lowest BCUT2D eigenvalue weighted by Crippen LogP contribution is -2.32. The molecule has 0 radical (unpaired) electrons. The number of rotatable bonds is 12.